The topological polar surface area (TPSA) is 35.8 Å². The molecule has 0 radical (unpaired) electrons. The number of aryl methyl sites for hydroxylation is 1. The second-order valence-corrected chi connectivity index (χ2v) is 5.73. The lowest BCUT2D eigenvalue weighted by molar-refractivity contribution is 0.236. The molecule has 1 heterocycles. The maximum Gasteiger partial charge on any atom is 0.194 e. The predicted molar refractivity (Wildman–Crippen MR) is 111 cm³/mol. The first kappa shape index (κ1) is 22.2. The number of hydrogen-bond acceptors (Lipinski definition) is 2. The number of aromatic nitrogens is 1. The summed E-state index contributed by atoms with van der Waals surface area (Å²) < 4.78 is 2.15. The van der Waals surface area contributed by atoms with Crippen LogP contribution in [0.1, 0.15) is 33.4 Å². The van der Waals surface area contributed by atoms with Crippen LogP contribution in [-0.4, -0.2) is 59.6 Å². The average Bonchev–Trinajstić information content (AvgIpc) is 2.89. The van der Waals surface area contributed by atoms with Crippen LogP contribution in [0.15, 0.2) is 23.3 Å². The zero-order chi connectivity index (χ0) is 16.5. The molecule has 0 aliphatic carbocycles. The number of halogens is 1. The van der Waals surface area contributed by atoms with Gasteiger partial charge in [-0.3, -0.25) is 9.89 Å². The van der Waals surface area contributed by atoms with E-state index in [2.05, 4.69) is 79.8 Å². The lowest BCUT2D eigenvalue weighted by Gasteiger charge is -2.27. The fraction of sp³-hybridized carbons (Fsp3) is 0.706. The lowest BCUT2D eigenvalue weighted by Crippen LogP contribution is -2.41. The number of rotatable bonds is 8. The van der Waals surface area contributed by atoms with Crippen molar-refractivity contribution in [1.29, 1.82) is 0 Å². The largest absolute Gasteiger partial charge is 0.357 e. The summed E-state index contributed by atoms with van der Waals surface area (Å²) in [6, 6.07) is 4.70. The average molecular weight is 435 g/mol. The van der Waals surface area contributed by atoms with Crippen molar-refractivity contribution in [3.05, 3.63) is 24.0 Å². The quantitative estimate of drug-likeness (QED) is 0.388. The molecule has 0 aliphatic rings. The second-order valence-electron chi connectivity index (χ2n) is 5.73. The third kappa shape index (κ3) is 7.12. The highest BCUT2D eigenvalue weighted by molar-refractivity contribution is 14.0. The van der Waals surface area contributed by atoms with Crippen molar-refractivity contribution in [1.82, 2.24) is 19.7 Å². The van der Waals surface area contributed by atoms with E-state index in [1.165, 1.54) is 5.69 Å². The van der Waals surface area contributed by atoms with Crippen LogP contribution in [0.25, 0.3) is 0 Å². The molecule has 1 N–H and O–H groups in total. The zero-order valence-corrected chi connectivity index (χ0v) is 17.9. The summed E-state index contributed by atoms with van der Waals surface area (Å²) in [4.78, 5) is 9.44. The first-order valence-corrected chi connectivity index (χ1v) is 8.37. The molecule has 0 aliphatic heterocycles. The van der Waals surface area contributed by atoms with Crippen LogP contribution < -0.4 is 5.32 Å². The van der Waals surface area contributed by atoms with Gasteiger partial charge in [-0.25, -0.2) is 0 Å². The van der Waals surface area contributed by atoms with Gasteiger partial charge in [0.1, 0.15) is 0 Å². The van der Waals surface area contributed by atoms with E-state index in [1.54, 1.807) is 0 Å². The normalized spacial score (nSPS) is 12.9. The Morgan fingerprint density at radius 3 is 2.43 bits per heavy atom. The molecular formula is C17H34IN5. The van der Waals surface area contributed by atoms with Gasteiger partial charge in [-0.15, -0.1) is 24.0 Å². The van der Waals surface area contributed by atoms with E-state index in [-0.39, 0.29) is 24.0 Å². The van der Waals surface area contributed by atoms with Gasteiger partial charge < -0.3 is 14.8 Å². The van der Waals surface area contributed by atoms with Gasteiger partial charge in [-0.2, -0.15) is 0 Å². The third-order valence-corrected chi connectivity index (χ3v) is 4.09. The van der Waals surface area contributed by atoms with Crippen LogP contribution in [0, 0.1) is 0 Å². The Bertz CT molecular complexity index is 454. The summed E-state index contributed by atoms with van der Waals surface area (Å²) >= 11 is 0. The molecule has 1 atom stereocenters. The lowest BCUT2D eigenvalue weighted by atomic mass is 10.3. The fourth-order valence-electron chi connectivity index (χ4n) is 2.63. The molecule has 0 aromatic carbocycles. The number of hydrogen-bond donors (Lipinski definition) is 1. The van der Waals surface area contributed by atoms with Gasteiger partial charge in [0.2, 0.25) is 0 Å². The Labute approximate surface area is 159 Å². The number of guanidine groups is 1. The standard InChI is InChI=1S/C17H33N5.HI/c1-7-18-17(19-13-15(4)22(8-2)9-3)21(6)14-16-11-10-12-20(16)5;/h10-12,15H,7-9,13-14H2,1-6H3,(H,18,19);1H. The van der Waals surface area contributed by atoms with E-state index in [0.29, 0.717) is 6.04 Å². The summed E-state index contributed by atoms with van der Waals surface area (Å²) in [7, 11) is 4.17. The van der Waals surface area contributed by atoms with Crippen LogP contribution in [-0.2, 0) is 13.6 Å². The van der Waals surface area contributed by atoms with E-state index in [9.17, 15) is 0 Å². The Morgan fingerprint density at radius 2 is 1.96 bits per heavy atom. The number of likely N-dealkylation sites (N-methyl/N-ethyl adjacent to an activating group) is 1. The first-order valence-electron chi connectivity index (χ1n) is 8.37. The molecule has 1 aromatic rings. The molecule has 0 saturated carbocycles. The molecule has 6 heteroatoms. The maximum atomic E-state index is 4.82. The highest BCUT2D eigenvalue weighted by Crippen LogP contribution is 2.05. The van der Waals surface area contributed by atoms with Crippen molar-refractivity contribution in [2.45, 2.75) is 40.3 Å². The molecule has 0 fully saturated rings. The number of aliphatic imine (C=N–C) groups is 1. The van der Waals surface area contributed by atoms with Gasteiger partial charge in [-0.05, 0) is 39.1 Å². The minimum atomic E-state index is 0. The van der Waals surface area contributed by atoms with Gasteiger partial charge in [0.05, 0.1) is 13.1 Å². The highest BCUT2D eigenvalue weighted by atomic mass is 127. The number of nitrogens with zero attached hydrogens (tertiary/aromatic N) is 4. The van der Waals surface area contributed by atoms with Gasteiger partial charge in [0.25, 0.3) is 0 Å². The van der Waals surface area contributed by atoms with Crippen LogP contribution >= 0.6 is 24.0 Å². The molecule has 23 heavy (non-hydrogen) atoms. The van der Waals surface area contributed by atoms with E-state index in [1.807, 2.05) is 0 Å². The van der Waals surface area contributed by atoms with E-state index in [0.717, 1.165) is 38.7 Å². The molecule has 134 valence electrons. The van der Waals surface area contributed by atoms with Crippen molar-refractivity contribution in [3.63, 3.8) is 0 Å². The summed E-state index contributed by atoms with van der Waals surface area (Å²) in [6.07, 6.45) is 2.08. The molecule has 0 spiro atoms. The molecule has 5 nitrogen and oxygen atoms in total. The summed E-state index contributed by atoms with van der Waals surface area (Å²) in [5.74, 6) is 0.975. The summed E-state index contributed by atoms with van der Waals surface area (Å²) in [5.41, 5.74) is 1.28. The van der Waals surface area contributed by atoms with Crippen LogP contribution in [0.2, 0.25) is 0 Å². The minimum absolute atomic E-state index is 0. The van der Waals surface area contributed by atoms with E-state index in [4.69, 9.17) is 4.99 Å². The summed E-state index contributed by atoms with van der Waals surface area (Å²) in [5, 5.41) is 3.39. The molecular weight excluding hydrogens is 401 g/mol. The van der Waals surface area contributed by atoms with Crippen LogP contribution in [0.4, 0.5) is 0 Å². The third-order valence-electron chi connectivity index (χ3n) is 4.09. The molecule has 1 aromatic heterocycles. The van der Waals surface area contributed by atoms with E-state index < -0.39 is 0 Å². The Morgan fingerprint density at radius 1 is 1.30 bits per heavy atom. The first-order chi connectivity index (χ1) is 10.5. The van der Waals surface area contributed by atoms with Gasteiger partial charge in [0.15, 0.2) is 5.96 Å². The fourth-order valence-corrected chi connectivity index (χ4v) is 2.63. The maximum absolute atomic E-state index is 4.82. The monoisotopic (exact) mass is 435 g/mol. The summed E-state index contributed by atoms with van der Waals surface area (Å²) in [6.45, 7) is 13.5. The van der Waals surface area contributed by atoms with Gasteiger partial charge in [0, 0.05) is 38.6 Å². The zero-order valence-electron chi connectivity index (χ0n) is 15.5. The SMILES string of the molecule is CCNC(=NCC(C)N(CC)CC)N(C)Cc1cccn1C.I. The van der Waals surface area contributed by atoms with Gasteiger partial charge in [-0.1, -0.05) is 13.8 Å². The van der Waals surface area contributed by atoms with Crippen molar-refractivity contribution in [3.8, 4) is 0 Å². The van der Waals surface area contributed by atoms with Crippen molar-refractivity contribution >= 4 is 29.9 Å². The molecule has 0 bridgehead atoms. The van der Waals surface area contributed by atoms with Crippen molar-refractivity contribution in [2.75, 3.05) is 33.2 Å². The molecule has 0 amide bonds. The minimum Gasteiger partial charge on any atom is -0.357 e. The predicted octanol–water partition coefficient (Wildman–Crippen LogP) is 2.77. The number of nitrogens with one attached hydrogen (secondary N) is 1. The molecule has 0 saturated heterocycles. The van der Waals surface area contributed by atoms with Crippen LogP contribution in [0.5, 0.6) is 0 Å². The second kappa shape index (κ2) is 11.7. The molecule has 1 rings (SSSR count). The van der Waals surface area contributed by atoms with Crippen LogP contribution in [0.3, 0.4) is 0 Å². The Kier molecular flexibility index (Phi) is 11.3. The van der Waals surface area contributed by atoms with Crippen molar-refractivity contribution in [2.24, 2.45) is 12.0 Å². The smallest absolute Gasteiger partial charge is 0.194 e. The van der Waals surface area contributed by atoms with Crippen molar-refractivity contribution < 1.29 is 0 Å². The van der Waals surface area contributed by atoms with E-state index >= 15 is 0 Å². The highest BCUT2D eigenvalue weighted by Gasteiger charge is 2.12. The van der Waals surface area contributed by atoms with Gasteiger partial charge >= 0.3 is 0 Å². The Balaban J connectivity index is 0.00000484. The Hall–Kier alpha value is -0.760. The molecule has 1 unspecified atom stereocenters.